The molecule has 5 heteroatoms. The number of aryl methyl sites for hydroxylation is 2. The van der Waals surface area contributed by atoms with Gasteiger partial charge in [0.05, 0.1) is 18.4 Å². The van der Waals surface area contributed by atoms with Crippen LogP contribution in [-0.2, 0) is 16.1 Å². The van der Waals surface area contributed by atoms with E-state index in [2.05, 4.69) is 25.2 Å². The van der Waals surface area contributed by atoms with Crippen molar-refractivity contribution in [3.8, 4) is 0 Å². The molecule has 0 spiro atoms. The molecular formula is C14H19NO3S. The molecule has 1 heterocycles. The third-order valence-electron chi connectivity index (χ3n) is 3.82. The molecule has 1 saturated carbocycles. The zero-order valence-electron chi connectivity index (χ0n) is 11.2. The van der Waals surface area contributed by atoms with Gasteiger partial charge in [0.2, 0.25) is 5.91 Å². The number of carbonyl (C=O) groups excluding carboxylic acids is 1. The second kappa shape index (κ2) is 5.74. The molecule has 4 nitrogen and oxygen atoms in total. The average molecular weight is 281 g/mol. The molecule has 1 aliphatic carbocycles. The highest BCUT2D eigenvalue weighted by molar-refractivity contribution is 7.12. The van der Waals surface area contributed by atoms with Gasteiger partial charge in [-0.25, -0.2) is 0 Å². The Morgan fingerprint density at radius 3 is 2.63 bits per heavy atom. The van der Waals surface area contributed by atoms with Gasteiger partial charge >= 0.3 is 5.97 Å². The van der Waals surface area contributed by atoms with Gasteiger partial charge in [-0.3, -0.25) is 9.59 Å². The zero-order chi connectivity index (χ0) is 14.0. The molecule has 0 bridgehead atoms. The summed E-state index contributed by atoms with van der Waals surface area (Å²) in [6.07, 6.45) is 2.13. The van der Waals surface area contributed by atoms with Crippen LogP contribution >= 0.6 is 11.3 Å². The first-order valence-electron chi connectivity index (χ1n) is 6.55. The fourth-order valence-corrected chi connectivity index (χ4v) is 3.60. The molecule has 0 saturated heterocycles. The molecule has 1 aliphatic rings. The van der Waals surface area contributed by atoms with Crippen LogP contribution in [0.4, 0.5) is 0 Å². The van der Waals surface area contributed by atoms with Crippen molar-refractivity contribution in [2.45, 2.75) is 39.7 Å². The Morgan fingerprint density at radius 1 is 1.37 bits per heavy atom. The summed E-state index contributed by atoms with van der Waals surface area (Å²) in [7, 11) is 0. The summed E-state index contributed by atoms with van der Waals surface area (Å²) in [5, 5.41) is 12.0. The monoisotopic (exact) mass is 281 g/mol. The Bertz CT molecular complexity index is 475. The minimum atomic E-state index is -0.847. The quantitative estimate of drug-likeness (QED) is 0.891. The molecule has 2 rings (SSSR count). The normalized spacial score (nSPS) is 22.4. The molecular weight excluding hydrogens is 262 g/mol. The van der Waals surface area contributed by atoms with E-state index in [0.717, 1.165) is 11.3 Å². The maximum atomic E-state index is 12.1. The standard InChI is InChI=1S/C14H19NO3S/c1-8-6-10(19-9(8)2)7-15-13(16)11-4-3-5-12(11)14(17)18/h6,11-12H,3-5,7H2,1-2H3,(H,15,16)(H,17,18)/t11-,12+/m1/s1. The number of aliphatic carboxylic acids is 1. The Kier molecular flexibility index (Phi) is 4.24. The maximum Gasteiger partial charge on any atom is 0.307 e. The summed E-state index contributed by atoms with van der Waals surface area (Å²) in [6.45, 7) is 4.61. The van der Waals surface area contributed by atoms with Crippen LogP contribution in [0.3, 0.4) is 0 Å². The molecule has 0 aromatic carbocycles. The van der Waals surface area contributed by atoms with Crippen LogP contribution in [0, 0.1) is 25.7 Å². The van der Waals surface area contributed by atoms with Crippen molar-refractivity contribution in [2.24, 2.45) is 11.8 Å². The van der Waals surface area contributed by atoms with E-state index in [1.807, 2.05) is 0 Å². The summed E-state index contributed by atoms with van der Waals surface area (Å²) in [5.41, 5.74) is 1.23. The summed E-state index contributed by atoms with van der Waals surface area (Å²) >= 11 is 1.67. The molecule has 1 aromatic heterocycles. The van der Waals surface area contributed by atoms with Crippen LogP contribution in [0.1, 0.15) is 34.6 Å². The van der Waals surface area contributed by atoms with Gasteiger partial charge in [0.1, 0.15) is 0 Å². The number of amides is 1. The molecule has 1 amide bonds. The minimum absolute atomic E-state index is 0.117. The van der Waals surface area contributed by atoms with E-state index in [1.165, 1.54) is 10.4 Å². The lowest BCUT2D eigenvalue weighted by Crippen LogP contribution is -2.34. The van der Waals surface area contributed by atoms with Crippen molar-refractivity contribution in [1.29, 1.82) is 0 Å². The van der Waals surface area contributed by atoms with Crippen molar-refractivity contribution in [3.05, 3.63) is 21.4 Å². The number of carbonyl (C=O) groups is 2. The number of carboxylic acid groups (broad SMARTS) is 1. The highest BCUT2D eigenvalue weighted by Gasteiger charge is 2.37. The van der Waals surface area contributed by atoms with Crippen LogP contribution in [0.15, 0.2) is 6.07 Å². The smallest absolute Gasteiger partial charge is 0.307 e. The number of rotatable bonds is 4. The van der Waals surface area contributed by atoms with Crippen LogP contribution in [0.2, 0.25) is 0 Å². The molecule has 0 aliphatic heterocycles. The van der Waals surface area contributed by atoms with Crippen LogP contribution in [-0.4, -0.2) is 17.0 Å². The first kappa shape index (κ1) is 14.1. The highest BCUT2D eigenvalue weighted by Crippen LogP contribution is 2.32. The largest absolute Gasteiger partial charge is 0.481 e. The second-order valence-electron chi connectivity index (χ2n) is 5.15. The Hall–Kier alpha value is -1.36. The predicted octanol–water partition coefficient (Wildman–Crippen LogP) is 2.48. The molecule has 19 heavy (non-hydrogen) atoms. The minimum Gasteiger partial charge on any atom is -0.481 e. The topological polar surface area (TPSA) is 66.4 Å². The SMILES string of the molecule is Cc1cc(CNC(=O)[C@@H]2CCC[C@@H]2C(=O)O)sc1C. The predicted molar refractivity (Wildman–Crippen MR) is 74.1 cm³/mol. The molecule has 2 atom stereocenters. The number of carboxylic acids is 1. The van der Waals surface area contributed by atoms with Gasteiger partial charge in [-0.2, -0.15) is 0 Å². The lowest BCUT2D eigenvalue weighted by Gasteiger charge is -2.15. The van der Waals surface area contributed by atoms with E-state index in [9.17, 15) is 9.59 Å². The number of thiophene rings is 1. The Morgan fingerprint density at radius 2 is 2.05 bits per heavy atom. The fraction of sp³-hybridized carbons (Fsp3) is 0.571. The lowest BCUT2D eigenvalue weighted by molar-refractivity contribution is -0.146. The van der Waals surface area contributed by atoms with Crippen molar-refractivity contribution in [3.63, 3.8) is 0 Å². The van der Waals surface area contributed by atoms with Gasteiger partial charge in [-0.1, -0.05) is 6.42 Å². The fourth-order valence-electron chi connectivity index (χ4n) is 2.61. The van der Waals surface area contributed by atoms with Gasteiger partial charge in [-0.05, 0) is 38.3 Å². The van der Waals surface area contributed by atoms with Gasteiger partial charge in [0.15, 0.2) is 0 Å². The van der Waals surface area contributed by atoms with Gasteiger partial charge in [0.25, 0.3) is 0 Å². The van der Waals surface area contributed by atoms with Crippen LogP contribution < -0.4 is 5.32 Å². The summed E-state index contributed by atoms with van der Waals surface area (Å²) in [4.78, 5) is 25.5. The van der Waals surface area contributed by atoms with E-state index in [0.29, 0.717) is 19.4 Å². The van der Waals surface area contributed by atoms with Crippen molar-refractivity contribution in [1.82, 2.24) is 5.32 Å². The molecule has 1 fully saturated rings. The van der Waals surface area contributed by atoms with Crippen molar-refractivity contribution < 1.29 is 14.7 Å². The molecule has 104 valence electrons. The zero-order valence-corrected chi connectivity index (χ0v) is 12.0. The number of nitrogens with one attached hydrogen (secondary N) is 1. The first-order chi connectivity index (χ1) is 8.99. The number of hydrogen-bond acceptors (Lipinski definition) is 3. The highest BCUT2D eigenvalue weighted by atomic mass is 32.1. The average Bonchev–Trinajstić information content (AvgIpc) is 2.94. The van der Waals surface area contributed by atoms with Crippen molar-refractivity contribution in [2.75, 3.05) is 0 Å². The van der Waals surface area contributed by atoms with E-state index in [4.69, 9.17) is 5.11 Å². The Balaban J connectivity index is 1.92. The molecule has 1 aromatic rings. The van der Waals surface area contributed by atoms with Crippen LogP contribution in [0.5, 0.6) is 0 Å². The second-order valence-corrected chi connectivity index (χ2v) is 6.49. The number of hydrogen-bond donors (Lipinski definition) is 2. The summed E-state index contributed by atoms with van der Waals surface area (Å²) < 4.78 is 0. The third kappa shape index (κ3) is 3.15. The summed E-state index contributed by atoms with van der Waals surface area (Å²) in [5.74, 6) is -1.83. The van der Waals surface area contributed by atoms with Gasteiger partial charge < -0.3 is 10.4 Å². The molecule has 2 N–H and O–H groups in total. The third-order valence-corrected chi connectivity index (χ3v) is 4.98. The molecule has 0 unspecified atom stereocenters. The van der Waals surface area contributed by atoms with Crippen molar-refractivity contribution >= 4 is 23.2 Å². The lowest BCUT2D eigenvalue weighted by atomic mass is 9.95. The first-order valence-corrected chi connectivity index (χ1v) is 7.37. The van der Waals surface area contributed by atoms with E-state index >= 15 is 0 Å². The Labute approximate surface area is 116 Å². The maximum absolute atomic E-state index is 12.1. The van der Waals surface area contributed by atoms with Gasteiger partial charge in [-0.15, -0.1) is 11.3 Å². The summed E-state index contributed by atoms with van der Waals surface area (Å²) in [6, 6.07) is 2.07. The van der Waals surface area contributed by atoms with E-state index in [-0.39, 0.29) is 11.8 Å². The van der Waals surface area contributed by atoms with Gasteiger partial charge in [0, 0.05) is 9.75 Å². The van der Waals surface area contributed by atoms with E-state index < -0.39 is 11.9 Å². The van der Waals surface area contributed by atoms with E-state index in [1.54, 1.807) is 11.3 Å². The molecule has 0 radical (unpaired) electrons. The van der Waals surface area contributed by atoms with Crippen LogP contribution in [0.25, 0.3) is 0 Å².